The van der Waals surface area contributed by atoms with Crippen molar-refractivity contribution < 1.29 is 0 Å². The maximum absolute atomic E-state index is 4.07. The summed E-state index contributed by atoms with van der Waals surface area (Å²) in [6.45, 7) is 11.0. The van der Waals surface area contributed by atoms with E-state index in [1.807, 2.05) is 6.92 Å². The summed E-state index contributed by atoms with van der Waals surface area (Å²) in [5, 5.41) is 3.20. The van der Waals surface area contributed by atoms with Crippen LogP contribution in [0.5, 0.6) is 0 Å². The van der Waals surface area contributed by atoms with Crippen LogP contribution in [0.3, 0.4) is 0 Å². The SMILES string of the molecule is C=S(#CC)C(C)(C)C(C)C. The molecule has 0 aliphatic heterocycles. The summed E-state index contributed by atoms with van der Waals surface area (Å²) in [4.78, 5) is 0. The Hall–Kier alpha value is -0.130. The second kappa shape index (κ2) is 3.32. The monoisotopic (exact) mass is 158 g/mol. The highest BCUT2D eigenvalue weighted by atomic mass is 32.2. The van der Waals surface area contributed by atoms with E-state index in [2.05, 4.69) is 38.7 Å². The van der Waals surface area contributed by atoms with Gasteiger partial charge in [-0.2, -0.15) is 9.89 Å². The maximum Gasteiger partial charge on any atom is 0.0274 e. The molecule has 10 heavy (non-hydrogen) atoms. The Kier molecular flexibility index (Phi) is 3.27. The Labute approximate surface area is 66.8 Å². The van der Waals surface area contributed by atoms with Crippen LogP contribution in [0.15, 0.2) is 0 Å². The lowest BCUT2D eigenvalue weighted by Crippen LogP contribution is -2.21. The van der Waals surface area contributed by atoms with Crippen LogP contribution >= 0.6 is 9.89 Å². The van der Waals surface area contributed by atoms with Gasteiger partial charge in [-0.1, -0.05) is 19.7 Å². The normalized spacial score (nSPS) is 11.4. The zero-order chi connectivity index (χ0) is 8.36. The number of hydrogen-bond acceptors (Lipinski definition) is 0. The van der Waals surface area contributed by atoms with Crippen molar-refractivity contribution in [3.63, 3.8) is 0 Å². The standard InChI is InChI=1S/C9H18S/c1-7-10(6)9(4,5)8(2)3/h8H,6H2,1-5H3. The molecule has 0 unspecified atom stereocenters. The van der Waals surface area contributed by atoms with E-state index >= 15 is 0 Å². The van der Waals surface area contributed by atoms with Gasteiger partial charge in [-0.05, 0) is 26.7 Å². The first kappa shape index (κ1) is 9.87. The number of hydrogen-bond donors (Lipinski definition) is 0. The topological polar surface area (TPSA) is 0 Å². The van der Waals surface area contributed by atoms with E-state index < -0.39 is 0 Å². The molecule has 0 saturated carbocycles. The van der Waals surface area contributed by atoms with Crippen LogP contribution in [-0.2, 0) is 0 Å². The fourth-order valence-electron chi connectivity index (χ4n) is 0.548. The Bertz CT molecular complexity index is 224. The molecule has 0 aliphatic carbocycles. The van der Waals surface area contributed by atoms with Crippen LogP contribution in [0.1, 0.15) is 34.6 Å². The smallest absolute Gasteiger partial charge is 0.0274 e. The molecule has 1 heteroatoms. The van der Waals surface area contributed by atoms with Gasteiger partial charge in [0.15, 0.2) is 0 Å². The molecule has 0 rings (SSSR count). The van der Waals surface area contributed by atoms with Gasteiger partial charge in [0.25, 0.3) is 0 Å². The summed E-state index contributed by atoms with van der Waals surface area (Å²) in [5.41, 5.74) is 0. The molecule has 0 atom stereocenters. The van der Waals surface area contributed by atoms with Crippen LogP contribution < -0.4 is 0 Å². The summed E-state index contributed by atoms with van der Waals surface area (Å²) in [6, 6.07) is 0. The van der Waals surface area contributed by atoms with Crippen LogP contribution in [0.2, 0.25) is 0 Å². The van der Waals surface area contributed by atoms with Gasteiger partial charge in [0, 0.05) is 4.75 Å². The Balaban J connectivity index is 4.70. The second-order valence-electron chi connectivity index (χ2n) is 3.35. The lowest BCUT2D eigenvalue weighted by atomic mass is 10.00. The van der Waals surface area contributed by atoms with Crippen molar-refractivity contribution in [3.05, 3.63) is 0 Å². The molecule has 0 nitrogen and oxygen atoms in total. The zero-order valence-corrected chi connectivity index (χ0v) is 8.51. The molecule has 0 fully saturated rings. The van der Waals surface area contributed by atoms with E-state index in [9.17, 15) is 0 Å². The maximum atomic E-state index is 4.07. The van der Waals surface area contributed by atoms with E-state index in [4.69, 9.17) is 0 Å². The lowest BCUT2D eigenvalue weighted by molar-refractivity contribution is 0.506. The molecule has 0 heterocycles. The van der Waals surface area contributed by atoms with Gasteiger partial charge < -0.3 is 0 Å². The van der Waals surface area contributed by atoms with Gasteiger partial charge >= 0.3 is 0 Å². The van der Waals surface area contributed by atoms with Gasteiger partial charge in [-0.3, -0.25) is 0 Å². The molecule has 0 saturated heterocycles. The minimum absolute atomic E-state index is 0.0826. The second-order valence-corrected chi connectivity index (χ2v) is 5.59. The van der Waals surface area contributed by atoms with Gasteiger partial charge in [0.05, 0.1) is 0 Å². The molecular weight excluding hydrogens is 140 g/mol. The fraction of sp³-hybridized carbons (Fsp3) is 0.778. The van der Waals surface area contributed by atoms with E-state index in [0.29, 0.717) is 10.7 Å². The van der Waals surface area contributed by atoms with E-state index in [-0.39, 0.29) is 9.89 Å². The zero-order valence-electron chi connectivity index (χ0n) is 7.69. The molecule has 0 spiro atoms. The summed E-state index contributed by atoms with van der Waals surface area (Å²) >= 11 is 0. The van der Waals surface area contributed by atoms with Crippen molar-refractivity contribution in [3.8, 4) is 5.18 Å². The average Bonchev–Trinajstić information content (AvgIpc) is 1.86. The Morgan fingerprint density at radius 3 is 1.90 bits per heavy atom. The summed E-state index contributed by atoms with van der Waals surface area (Å²) in [7, 11) is 0.0826. The summed E-state index contributed by atoms with van der Waals surface area (Å²) < 4.78 is 0.314. The Morgan fingerprint density at radius 2 is 1.80 bits per heavy atom. The molecule has 0 N–H and O–H groups in total. The van der Waals surface area contributed by atoms with Gasteiger partial charge in [0.1, 0.15) is 0 Å². The number of rotatable bonds is 1. The molecular formula is C9H18S. The van der Waals surface area contributed by atoms with Gasteiger partial charge in [-0.15, -0.1) is 5.18 Å². The van der Waals surface area contributed by atoms with Gasteiger partial charge in [-0.25, -0.2) is 0 Å². The van der Waals surface area contributed by atoms with Crippen molar-refractivity contribution in [1.29, 1.82) is 0 Å². The predicted octanol–water partition coefficient (Wildman–Crippen LogP) is 3.10. The molecule has 0 aliphatic rings. The largest absolute Gasteiger partial charge is 0.184 e. The third kappa shape index (κ3) is 1.93. The third-order valence-corrected chi connectivity index (χ3v) is 4.51. The van der Waals surface area contributed by atoms with Crippen LogP contribution in [0, 0.1) is 11.1 Å². The first-order chi connectivity index (χ1) is 4.42. The highest BCUT2D eigenvalue weighted by molar-refractivity contribution is 8.05. The van der Waals surface area contributed by atoms with Crippen molar-refractivity contribution in [1.82, 2.24) is 0 Å². The molecule has 60 valence electrons. The predicted molar refractivity (Wildman–Crippen MR) is 53.2 cm³/mol. The minimum atomic E-state index is 0.0826. The fourth-order valence-corrected chi connectivity index (χ4v) is 1.64. The highest BCUT2D eigenvalue weighted by Crippen LogP contribution is 2.28. The minimum Gasteiger partial charge on any atom is -0.184 e. The van der Waals surface area contributed by atoms with E-state index in [1.165, 1.54) is 0 Å². The van der Waals surface area contributed by atoms with Crippen LogP contribution in [-0.4, -0.2) is 10.6 Å². The molecule has 0 bridgehead atoms. The molecule has 0 aromatic heterocycles. The van der Waals surface area contributed by atoms with Crippen molar-refractivity contribution >= 4 is 15.8 Å². The summed E-state index contributed by atoms with van der Waals surface area (Å²) in [6.07, 6.45) is 0. The van der Waals surface area contributed by atoms with Crippen molar-refractivity contribution in [2.45, 2.75) is 39.4 Å². The highest BCUT2D eigenvalue weighted by Gasteiger charge is 2.19. The summed E-state index contributed by atoms with van der Waals surface area (Å²) in [5.74, 6) is 4.75. The van der Waals surface area contributed by atoms with Crippen LogP contribution in [0.4, 0.5) is 0 Å². The van der Waals surface area contributed by atoms with Crippen molar-refractivity contribution in [2.24, 2.45) is 5.92 Å². The van der Waals surface area contributed by atoms with E-state index in [1.54, 1.807) is 0 Å². The quantitative estimate of drug-likeness (QED) is 0.514. The molecule has 0 radical (unpaired) electrons. The first-order valence-corrected chi connectivity index (χ1v) is 5.03. The van der Waals surface area contributed by atoms with Gasteiger partial charge in [0.2, 0.25) is 0 Å². The first-order valence-electron chi connectivity index (χ1n) is 3.64. The molecule has 0 aromatic carbocycles. The lowest BCUT2D eigenvalue weighted by Gasteiger charge is -2.25. The molecule has 0 amide bonds. The average molecular weight is 158 g/mol. The third-order valence-electron chi connectivity index (χ3n) is 2.27. The van der Waals surface area contributed by atoms with Crippen molar-refractivity contribution in [2.75, 3.05) is 0 Å². The van der Waals surface area contributed by atoms with E-state index in [0.717, 1.165) is 0 Å². The molecule has 0 aromatic rings. The van der Waals surface area contributed by atoms with Crippen LogP contribution in [0.25, 0.3) is 0 Å². The Morgan fingerprint density at radius 1 is 1.40 bits per heavy atom.